The van der Waals surface area contributed by atoms with Crippen molar-refractivity contribution < 1.29 is 23.8 Å². The van der Waals surface area contributed by atoms with Crippen molar-refractivity contribution in [3.63, 3.8) is 0 Å². The van der Waals surface area contributed by atoms with Crippen LogP contribution in [0.2, 0.25) is 0 Å². The minimum absolute atomic E-state index is 0.214. The van der Waals surface area contributed by atoms with Gasteiger partial charge in [0.1, 0.15) is 11.9 Å². The van der Waals surface area contributed by atoms with Gasteiger partial charge in [-0.15, -0.1) is 0 Å². The zero-order valence-electron chi connectivity index (χ0n) is 17.5. The number of fused-ring (bicyclic) bond motifs is 2. The number of aromatic nitrogens is 2. The molecule has 2 fully saturated rings. The Morgan fingerprint density at radius 1 is 1.17 bits per heavy atom. The van der Waals surface area contributed by atoms with Crippen LogP contribution in [0.5, 0.6) is 17.2 Å². The first kappa shape index (κ1) is 19.6. The minimum Gasteiger partial charge on any atom is -0.488 e. The lowest BCUT2D eigenvalue weighted by molar-refractivity contribution is -0.0232. The molecule has 1 aliphatic carbocycles. The van der Waals surface area contributed by atoms with Crippen LogP contribution in [0.15, 0.2) is 22.7 Å². The Morgan fingerprint density at radius 2 is 1.97 bits per heavy atom. The van der Waals surface area contributed by atoms with E-state index < -0.39 is 6.10 Å². The summed E-state index contributed by atoms with van der Waals surface area (Å²) in [7, 11) is 0. The zero-order valence-corrected chi connectivity index (χ0v) is 17.5. The SMILES string of the molecule is CC(C)Cc1nc(CN2C[C@H]3C[C@@H](Oc4ccc5c(c4)OCO5)[C@H](O)C[C@H]3C2)no1. The Labute approximate surface area is 176 Å². The van der Waals surface area contributed by atoms with Crippen molar-refractivity contribution in [1.29, 1.82) is 0 Å². The summed E-state index contributed by atoms with van der Waals surface area (Å²) in [6.07, 6.45) is 1.71. The summed E-state index contributed by atoms with van der Waals surface area (Å²) in [6, 6.07) is 5.57. The lowest BCUT2D eigenvalue weighted by atomic mass is 9.78. The molecule has 1 saturated heterocycles. The molecule has 1 N–H and O–H groups in total. The van der Waals surface area contributed by atoms with Crippen molar-refractivity contribution in [3.8, 4) is 17.2 Å². The van der Waals surface area contributed by atoms with E-state index in [1.54, 1.807) is 0 Å². The van der Waals surface area contributed by atoms with Crippen LogP contribution >= 0.6 is 0 Å². The Hall–Kier alpha value is -2.32. The van der Waals surface area contributed by atoms with Gasteiger partial charge >= 0.3 is 0 Å². The second-order valence-corrected chi connectivity index (χ2v) is 9.13. The summed E-state index contributed by atoms with van der Waals surface area (Å²) in [5, 5.41) is 14.8. The molecule has 8 heteroatoms. The fraction of sp³-hybridized carbons (Fsp3) is 0.636. The second-order valence-electron chi connectivity index (χ2n) is 9.13. The van der Waals surface area contributed by atoms with Crippen molar-refractivity contribution in [2.45, 2.75) is 51.9 Å². The predicted octanol–water partition coefficient (Wildman–Crippen LogP) is 2.65. The maximum absolute atomic E-state index is 10.7. The normalized spacial score (nSPS) is 28.1. The first-order valence-electron chi connectivity index (χ1n) is 10.8. The van der Waals surface area contributed by atoms with E-state index in [1.807, 2.05) is 18.2 Å². The molecule has 1 aromatic carbocycles. The number of nitrogens with zero attached hydrogens (tertiary/aromatic N) is 3. The molecule has 2 aromatic rings. The van der Waals surface area contributed by atoms with Crippen molar-refractivity contribution in [2.24, 2.45) is 17.8 Å². The number of aliphatic hydroxyl groups excluding tert-OH is 1. The van der Waals surface area contributed by atoms with Crippen molar-refractivity contribution in [1.82, 2.24) is 15.0 Å². The Balaban J connectivity index is 1.18. The van der Waals surface area contributed by atoms with E-state index in [2.05, 4.69) is 28.9 Å². The van der Waals surface area contributed by atoms with Crippen LogP contribution in [-0.4, -0.2) is 52.2 Å². The maximum atomic E-state index is 10.7. The summed E-state index contributed by atoms with van der Waals surface area (Å²) in [5.74, 6) is 5.06. The molecule has 0 spiro atoms. The molecule has 3 aliphatic rings. The predicted molar refractivity (Wildman–Crippen MR) is 107 cm³/mol. The molecule has 30 heavy (non-hydrogen) atoms. The Kier molecular flexibility index (Phi) is 5.28. The molecule has 1 saturated carbocycles. The minimum atomic E-state index is -0.473. The zero-order chi connectivity index (χ0) is 20.7. The lowest BCUT2D eigenvalue weighted by Crippen LogP contribution is -2.42. The maximum Gasteiger partial charge on any atom is 0.231 e. The van der Waals surface area contributed by atoms with Crippen LogP contribution in [-0.2, 0) is 13.0 Å². The largest absolute Gasteiger partial charge is 0.488 e. The third kappa shape index (κ3) is 4.11. The van der Waals surface area contributed by atoms with Crippen LogP contribution in [0.3, 0.4) is 0 Å². The molecule has 8 nitrogen and oxygen atoms in total. The van der Waals surface area contributed by atoms with Crippen LogP contribution in [0.4, 0.5) is 0 Å². The Morgan fingerprint density at radius 3 is 2.80 bits per heavy atom. The van der Waals surface area contributed by atoms with Gasteiger partial charge < -0.3 is 23.8 Å². The van der Waals surface area contributed by atoms with E-state index >= 15 is 0 Å². The molecule has 0 bridgehead atoms. The smallest absolute Gasteiger partial charge is 0.231 e. The molecule has 0 amide bonds. The van der Waals surface area contributed by atoms with Crippen LogP contribution in [0.1, 0.15) is 38.4 Å². The molecule has 5 rings (SSSR count). The number of rotatable bonds is 6. The summed E-state index contributed by atoms with van der Waals surface area (Å²) in [6.45, 7) is 7.13. The van der Waals surface area contributed by atoms with Crippen LogP contribution < -0.4 is 14.2 Å². The van der Waals surface area contributed by atoms with E-state index in [1.165, 1.54) is 0 Å². The molecule has 0 radical (unpaired) electrons. The molecule has 3 heterocycles. The number of aliphatic hydroxyl groups is 1. The molecule has 4 atom stereocenters. The molecular weight excluding hydrogens is 386 g/mol. The number of hydrogen-bond donors (Lipinski definition) is 1. The van der Waals surface area contributed by atoms with Crippen molar-refractivity contribution in [3.05, 3.63) is 29.9 Å². The number of likely N-dealkylation sites (tertiary alicyclic amines) is 1. The fourth-order valence-electron chi connectivity index (χ4n) is 4.85. The van der Waals surface area contributed by atoms with E-state index in [4.69, 9.17) is 18.7 Å². The average molecular weight is 415 g/mol. The van der Waals surface area contributed by atoms with E-state index in [0.717, 1.165) is 43.9 Å². The first-order chi connectivity index (χ1) is 14.5. The third-order valence-corrected chi connectivity index (χ3v) is 6.25. The monoisotopic (exact) mass is 415 g/mol. The van der Waals surface area contributed by atoms with Gasteiger partial charge in [0.05, 0.1) is 12.6 Å². The van der Waals surface area contributed by atoms with Gasteiger partial charge in [-0.3, -0.25) is 4.90 Å². The van der Waals surface area contributed by atoms with Gasteiger partial charge in [0.15, 0.2) is 17.3 Å². The summed E-state index contributed by atoms with van der Waals surface area (Å²) in [4.78, 5) is 6.90. The van der Waals surface area contributed by atoms with Gasteiger partial charge in [-0.05, 0) is 42.7 Å². The first-order valence-corrected chi connectivity index (χ1v) is 10.8. The topological polar surface area (TPSA) is 90.1 Å². The highest BCUT2D eigenvalue weighted by atomic mass is 16.7. The van der Waals surface area contributed by atoms with Crippen LogP contribution in [0, 0.1) is 17.8 Å². The van der Waals surface area contributed by atoms with Gasteiger partial charge in [0.2, 0.25) is 12.7 Å². The average Bonchev–Trinajstić information content (AvgIpc) is 3.41. The third-order valence-electron chi connectivity index (χ3n) is 6.25. The van der Waals surface area contributed by atoms with Gasteiger partial charge in [-0.25, -0.2) is 0 Å². The van der Waals surface area contributed by atoms with E-state index in [-0.39, 0.29) is 12.9 Å². The quantitative estimate of drug-likeness (QED) is 0.770. The molecule has 1 aromatic heterocycles. The summed E-state index contributed by atoms with van der Waals surface area (Å²) >= 11 is 0. The summed E-state index contributed by atoms with van der Waals surface area (Å²) < 4.78 is 22.3. The standard InChI is InChI=1S/C22H29N3O5/c1-13(2)5-22-23-21(24-30-22)11-25-9-14-6-17(26)19(7-15(14)10-25)29-16-3-4-18-20(8-16)28-12-27-18/h3-4,8,13-15,17,19,26H,5-7,9-12H2,1-2H3/t14-,15+,17+,19+/m0/s1. The van der Waals surface area contributed by atoms with Gasteiger partial charge in [0.25, 0.3) is 0 Å². The highest BCUT2D eigenvalue weighted by Gasteiger charge is 2.43. The number of benzene rings is 1. The van der Waals surface area contributed by atoms with E-state index in [9.17, 15) is 5.11 Å². The molecular formula is C22H29N3O5. The van der Waals surface area contributed by atoms with Crippen molar-refractivity contribution >= 4 is 0 Å². The second kappa shape index (κ2) is 8.07. The molecule has 0 unspecified atom stereocenters. The molecule has 2 aliphatic heterocycles. The van der Waals surface area contributed by atoms with Crippen LogP contribution in [0.25, 0.3) is 0 Å². The Bertz CT molecular complexity index is 885. The highest BCUT2D eigenvalue weighted by Crippen LogP contribution is 2.40. The van der Waals surface area contributed by atoms with E-state index in [0.29, 0.717) is 41.7 Å². The van der Waals surface area contributed by atoms with Gasteiger partial charge in [-0.2, -0.15) is 4.98 Å². The number of ether oxygens (including phenoxy) is 3. The summed E-state index contributed by atoms with van der Waals surface area (Å²) in [5.41, 5.74) is 0. The van der Waals surface area contributed by atoms with Gasteiger partial charge in [-0.1, -0.05) is 19.0 Å². The molecule has 162 valence electrons. The number of hydrogen-bond acceptors (Lipinski definition) is 8. The fourth-order valence-corrected chi connectivity index (χ4v) is 4.85. The van der Waals surface area contributed by atoms with Crippen molar-refractivity contribution in [2.75, 3.05) is 19.9 Å². The highest BCUT2D eigenvalue weighted by molar-refractivity contribution is 5.47. The lowest BCUT2D eigenvalue weighted by Gasteiger charge is -2.35. The van der Waals surface area contributed by atoms with Gasteiger partial charge in [0, 0.05) is 25.6 Å².